The summed E-state index contributed by atoms with van der Waals surface area (Å²) in [6.45, 7) is 11.4. The first-order valence-electron chi connectivity index (χ1n) is 9.66. The van der Waals surface area contributed by atoms with Gasteiger partial charge in [-0.05, 0) is 32.9 Å². The van der Waals surface area contributed by atoms with Crippen LogP contribution >= 0.6 is 35.7 Å². The Balaban J connectivity index is 0.00000364. The Hall–Kier alpha value is 0.190. The van der Waals surface area contributed by atoms with Crippen LogP contribution in [-0.4, -0.2) is 98.3 Å². The SMILES string of the molecule is CCNC(=NCC(C)(O)CN1CCOCC1)NCC1(SC)CCOCC1.I. The van der Waals surface area contributed by atoms with Crippen molar-refractivity contribution in [2.24, 2.45) is 4.99 Å². The maximum Gasteiger partial charge on any atom is 0.191 e. The van der Waals surface area contributed by atoms with Crippen molar-refractivity contribution >= 4 is 41.7 Å². The average molecular weight is 516 g/mol. The van der Waals surface area contributed by atoms with Gasteiger partial charge in [0.05, 0.1) is 25.4 Å². The van der Waals surface area contributed by atoms with Crippen LogP contribution in [0, 0.1) is 0 Å². The Morgan fingerprint density at radius 3 is 2.41 bits per heavy atom. The van der Waals surface area contributed by atoms with E-state index in [1.54, 1.807) is 0 Å². The lowest BCUT2D eigenvalue weighted by Gasteiger charge is -2.36. The molecule has 0 aliphatic carbocycles. The number of hydrogen-bond donors (Lipinski definition) is 3. The van der Waals surface area contributed by atoms with Gasteiger partial charge in [-0.15, -0.1) is 24.0 Å². The Morgan fingerprint density at radius 1 is 1.19 bits per heavy atom. The van der Waals surface area contributed by atoms with Gasteiger partial charge in [-0.25, -0.2) is 0 Å². The molecule has 7 nitrogen and oxygen atoms in total. The number of nitrogens with zero attached hydrogens (tertiary/aromatic N) is 2. The van der Waals surface area contributed by atoms with Crippen LogP contribution in [0.3, 0.4) is 0 Å². The molecule has 0 amide bonds. The molecule has 2 heterocycles. The van der Waals surface area contributed by atoms with E-state index in [0.717, 1.165) is 71.4 Å². The van der Waals surface area contributed by atoms with Crippen molar-refractivity contribution in [3.63, 3.8) is 0 Å². The van der Waals surface area contributed by atoms with Crippen LogP contribution in [-0.2, 0) is 9.47 Å². The summed E-state index contributed by atoms with van der Waals surface area (Å²) in [6, 6.07) is 0. The molecule has 0 radical (unpaired) electrons. The van der Waals surface area contributed by atoms with Gasteiger partial charge >= 0.3 is 0 Å². The third-order valence-electron chi connectivity index (χ3n) is 5.01. The first-order chi connectivity index (χ1) is 12.5. The van der Waals surface area contributed by atoms with Crippen LogP contribution in [0.15, 0.2) is 4.99 Å². The quantitative estimate of drug-likeness (QED) is 0.254. The number of thioether (sulfide) groups is 1. The van der Waals surface area contributed by atoms with Crippen LogP contribution < -0.4 is 10.6 Å². The fourth-order valence-electron chi connectivity index (χ4n) is 3.32. The number of ether oxygens (including phenoxy) is 2. The van der Waals surface area contributed by atoms with E-state index in [1.165, 1.54) is 0 Å². The van der Waals surface area contributed by atoms with Crippen LogP contribution in [0.5, 0.6) is 0 Å². The van der Waals surface area contributed by atoms with Crippen molar-refractivity contribution < 1.29 is 14.6 Å². The number of β-amino-alcohol motifs (C(OH)–C–C–N with tert-alkyl or cyclic N) is 1. The Kier molecular flexibility index (Phi) is 11.9. The molecule has 0 spiro atoms. The van der Waals surface area contributed by atoms with Crippen LogP contribution in [0.25, 0.3) is 0 Å². The minimum absolute atomic E-state index is 0. The summed E-state index contributed by atoms with van der Waals surface area (Å²) in [5.74, 6) is 0.773. The molecule has 160 valence electrons. The van der Waals surface area contributed by atoms with Gasteiger partial charge in [0, 0.05) is 50.7 Å². The minimum atomic E-state index is -0.852. The van der Waals surface area contributed by atoms with Gasteiger partial charge < -0.3 is 25.2 Å². The highest BCUT2D eigenvalue weighted by molar-refractivity contribution is 14.0. The molecule has 1 atom stereocenters. The number of aliphatic imine (C=N–C) groups is 1. The maximum atomic E-state index is 10.7. The van der Waals surface area contributed by atoms with Gasteiger partial charge in [0.15, 0.2) is 5.96 Å². The third kappa shape index (κ3) is 9.03. The van der Waals surface area contributed by atoms with E-state index < -0.39 is 5.60 Å². The van der Waals surface area contributed by atoms with Gasteiger partial charge in [0.25, 0.3) is 0 Å². The Bertz CT molecular complexity index is 442. The number of morpholine rings is 1. The number of halogens is 1. The van der Waals surface area contributed by atoms with Gasteiger partial charge in [-0.1, -0.05) is 0 Å². The fourth-order valence-corrected chi connectivity index (χ4v) is 4.11. The van der Waals surface area contributed by atoms with E-state index in [-0.39, 0.29) is 28.7 Å². The lowest BCUT2D eigenvalue weighted by atomic mass is 9.99. The molecular formula is C18H37IN4O3S. The molecule has 2 rings (SSSR count). The Labute approximate surface area is 185 Å². The van der Waals surface area contributed by atoms with Crippen molar-refractivity contribution in [1.29, 1.82) is 0 Å². The minimum Gasteiger partial charge on any atom is -0.387 e. The van der Waals surface area contributed by atoms with Crippen LogP contribution in [0.4, 0.5) is 0 Å². The second-order valence-corrected chi connectivity index (χ2v) is 8.71. The lowest BCUT2D eigenvalue weighted by Crippen LogP contribution is -2.50. The molecule has 2 fully saturated rings. The van der Waals surface area contributed by atoms with E-state index in [2.05, 4.69) is 33.7 Å². The molecule has 2 saturated heterocycles. The predicted octanol–water partition coefficient (Wildman–Crippen LogP) is 1.15. The molecule has 2 aliphatic rings. The molecule has 0 saturated carbocycles. The molecule has 3 N–H and O–H groups in total. The molecule has 9 heteroatoms. The summed E-state index contributed by atoms with van der Waals surface area (Å²) in [6.07, 6.45) is 4.27. The standard InChI is InChI=1S/C18H36N4O3S.HI/c1-4-19-16(21-14-18(26-3)5-9-24-10-6-18)20-13-17(2,23)15-22-7-11-25-12-8-22;/h23H,4-15H2,1-3H3,(H2,19,20,21);1H. The van der Waals surface area contributed by atoms with Crippen molar-refractivity contribution in [1.82, 2.24) is 15.5 Å². The molecule has 0 aromatic rings. The summed E-state index contributed by atoms with van der Waals surface area (Å²) in [7, 11) is 0. The summed E-state index contributed by atoms with van der Waals surface area (Å²) in [5, 5.41) is 17.5. The third-order valence-corrected chi connectivity index (χ3v) is 6.42. The van der Waals surface area contributed by atoms with E-state index in [9.17, 15) is 5.11 Å². The highest BCUT2D eigenvalue weighted by Crippen LogP contribution is 2.32. The molecular weight excluding hydrogens is 479 g/mol. The largest absolute Gasteiger partial charge is 0.387 e. The highest BCUT2D eigenvalue weighted by atomic mass is 127. The normalized spacial score (nSPS) is 23.2. The van der Waals surface area contributed by atoms with Gasteiger partial charge in [0.2, 0.25) is 0 Å². The second-order valence-electron chi connectivity index (χ2n) is 7.43. The smallest absolute Gasteiger partial charge is 0.191 e. The molecule has 0 bridgehead atoms. The van der Waals surface area contributed by atoms with Crippen molar-refractivity contribution in [2.45, 2.75) is 37.0 Å². The molecule has 1 unspecified atom stereocenters. The van der Waals surface area contributed by atoms with Gasteiger partial charge in [0.1, 0.15) is 0 Å². The van der Waals surface area contributed by atoms with E-state index in [0.29, 0.717) is 13.1 Å². The number of aliphatic hydroxyl groups is 1. The number of rotatable bonds is 8. The average Bonchev–Trinajstić information content (AvgIpc) is 2.65. The van der Waals surface area contributed by atoms with E-state index >= 15 is 0 Å². The van der Waals surface area contributed by atoms with Gasteiger partial charge in [-0.2, -0.15) is 11.8 Å². The maximum absolute atomic E-state index is 10.7. The highest BCUT2D eigenvalue weighted by Gasteiger charge is 2.32. The fraction of sp³-hybridized carbons (Fsp3) is 0.944. The first kappa shape index (κ1) is 25.2. The van der Waals surface area contributed by atoms with Gasteiger partial charge in [-0.3, -0.25) is 9.89 Å². The Morgan fingerprint density at radius 2 is 1.81 bits per heavy atom. The van der Waals surface area contributed by atoms with Crippen molar-refractivity contribution in [3.05, 3.63) is 0 Å². The molecule has 2 aliphatic heterocycles. The zero-order chi connectivity index (χ0) is 18.9. The topological polar surface area (TPSA) is 78.4 Å². The predicted molar refractivity (Wildman–Crippen MR) is 124 cm³/mol. The van der Waals surface area contributed by atoms with E-state index in [1.807, 2.05) is 18.7 Å². The zero-order valence-corrected chi connectivity index (χ0v) is 20.1. The van der Waals surface area contributed by atoms with Crippen LogP contribution in [0.2, 0.25) is 0 Å². The molecule has 27 heavy (non-hydrogen) atoms. The summed E-state index contributed by atoms with van der Waals surface area (Å²) >= 11 is 1.91. The van der Waals surface area contributed by atoms with Crippen molar-refractivity contribution in [3.8, 4) is 0 Å². The summed E-state index contributed by atoms with van der Waals surface area (Å²) in [5.41, 5.74) is -0.852. The van der Waals surface area contributed by atoms with E-state index in [4.69, 9.17) is 9.47 Å². The number of hydrogen-bond acceptors (Lipinski definition) is 6. The number of guanidine groups is 1. The second kappa shape index (κ2) is 12.7. The number of nitrogens with one attached hydrogen (secondary N) is 2. The first-order valence-corrected chi connectivity index (χ1v) is 10.9. The zero-order valence-electron chi connectivity index (χ0n) is 17.0. The summed E-state index contributed by atoms with van der Waals surface area (Å²) < 4.78 is 11.1. The molecule has 0 aromatic carbocycles. The van der Waals surface area contributed by atoms with Crippen molar-refractivity contribution in [2.75, 3.05) is 72.0 Å². The van der Waals surface area contributed by atoms with Crippen LogP contribution in [0.1, 0.15) is 26.7 Å². The lowest BCUT2D eigenvalue weighted by molar-refractivity contribution is -0.0180. The summed E-state index contributed by atoms with van der Waals surface area (Å²) in [4.78, 5) is 6.89. The molecule has 0 aromatic heterocycles. The monoisotopic (exact) mass is 516 g/mol.